The highest BCUT2D eigenvalue weighted by Crippen LogP contribution is 2.62. The molecule has 2 aliphatic rings. The fourth-order valence-corrected chi connectivity index (χ4v) is 4.26. The number of hydrogen-bond acceptors (Lipinski definition) is 3. The molecule has 0 unspecified atom stereocenters. The highest BCUT2D eigenvalue weighted by atomic mass is 16.5. The van der Waals surface area contributed by atoms with Gasteiger partial charge in [0.1, 0.15) is 11.9 Å². The first kappa shape index (κ1) is 18.8. The molecular formula is C23H30O3. The molecule has 1 fully saturated rings. The van der Waals surface area contributed by atoms with Crippen LogP contribution in [-0.2, 0) is 4.74 Å². The van der Waals surface area contributed by atoms with Crippen molar-refractivity contribution in [2.45, 2.75) is 53.1 Å². The highest BCUT2D eigenvalue weighted by Gasteiger charge is 2.60. The molecule has 0 heterocycles. The minimum atomic E-state index is -0.246. The molecule has 0 saturated heterocycles. The Morgan fingerprint density at radius 2 is 1.81 bits per heavy atom. The maximum atomic E-state index is 12.7. The van der Waals surface area contributed by atoms with E-state index in [9.17, 15) is 4.79 Å². The number of hydrogen-bond donors (Lipinski definition) is 0. The van der Waals surface area contributed by atoms with Gasteiger partial charge in [-0.1, -0.05) is 37.1 Å². The van der Waals surface area contributed by atoms with Crippen LogP contribution in [0.1, 0.15) is 57.3 Å². The van der Waals surface area contributed by atoms with Crippen molar-refractivity contribution < 1.29 is 14.3 Å². The van der Waals surface area contributed by atoms with E-state index >= 15 is 0 Å². The van der Waals surface area contributed by atoms with Crippen molar-refractivity contribution in [3.8, 4) is 5.75 Å². The molecule has 0 aromatic heterocycles. The summed E-state index contributed by atoms with van der Waals surface area (Å²) in [6.45, 7) is 8.95. The SMILES string of the molecule is COc1ccc(C(=O)O[C@H]2C/C(C)=C\CC/C(C)=C\[C@H]3[C@@H]2C3(C)C)cc1. The van der Waals surface area contributed by atoms with Crippen LogP contribution in [0.2, 0.25) is 0 Å². The maximum absolute atomic E-state index is 12.7. The molecule has 26 heavy (non-hydrogen) atoms. The van der Waals surface area contributed by atoms with Gasteiger partial charge in [-0.15, -0.1) is 0 Å². The van der Waals surface area contributed by atoms with E-state index in [1.807, 2.05) is 0 Å². The Balaban J connectivity index is 1.81. The maximum Gasteiger partial charge on any atom is 0.338 e. The first-order chi connectivity index (χ1) is 12.3. The number of rotatable bonds is 3. The standard InChI is InChI=1S/C23H30O3/c1-15-7-6-8-16(2)14-20(21-19(13-15)23(21,3)4)26-22(24)17-9-11-18(25-5)12-10-17/h8-13,19-21H,6-7,14H2,1-5H3/b15-13-,16-8-/t19-,20-,21-/m0/s1. The van der Waals surface area contributed by atoms with Crippen LogP contribution >= 0.6 is 0 Å². The zero-order valence-corrected chi connectivity index (χ0v) is 16.5. The molecular weight excluding hydrogens is 324 g/mol. The zero-order valence-electron chi connectivity index (χ0n) is 16.5. The van der Waals surface area contributed by atoms with E-state index in [0.717, 1.165) is 25.0 Å². The third-order valence-electron chi connectivity index (χ3n) is 6.00. The van der Waals surface area contributed by atoms with E-state index in [1.54, 1.807) is 31.4 Å². The van der Waals surface area contributed by atoms with Crippen molar-refractivity contribution in [3.05, 3.63) is 53.1 Å². The molecule has 3 heteroatoms. The first-order valence-corrected chi connectivity index (χ1v) is 9.51. The van der Waals surface area contributed by atoms with Gasteiger partial charge in [0.25, 0.3) is 0 Å². The van der Waals surface area contributed by atoms with Gasteiger partial charge in [0.05, 0.1) is 12.7 Å². The second-order valence-electron chi connectivity index (χ2n) is 8.35. The molecule has 0 radical (unpaired) electrons. The summed E-state index contributed by atoms with van der Waals surface area (Å²) in [5, 5.41) is 0. The Bertz CT molecular complexity index is 724. The van der Waals surface area contributed by atoms with Gasteiger partial charge in [-0.3, -0.25) is 0 Å². The molecule has 1 aromatic rings. The van der Waals surface area contributed by atoms with Crippen molar-refractivity contribution in [2.24, 2.45) is 17.3 Å². The quantitative estimate of drug-likeness (QED) is 0.526. The average molecular weight is 354 g/mol. The minimum absolute atomic E-state index is 0.0806. The van der Waals surface area contributed by atoms with Crippen molar-refractivity contribution in [1.29, 1.82) is 0 Å². The Labute approximate surface area is 157 Å². The van der Waals surface area contributed by atoms with Gasteiger partial charge < -0.3 is 9.47 Å². The van der Waals surface area contributed by atoms with Crippen LogP contribution in [0, 0.1) is 17.3 Å². The summed E-state index contributed by atoms with van der Waals surface area (Å²) in [7, 11) is 1.62. The van der Waals surface area contributed by atoms with Gasteiger partial charge in [0, 0.05) is 12.3 Å². The second-order valence-corrected chi connectivity index (χ2v) is 8.35. The largest absolute Gasteiger partial charge is 0.497 e. The summed E-state index contributed by atoms with van der Waals surface area (Å²) < 4.78 is 11.2. The normalized spacial score (nSPS) is 31.5. The lowest BCUT2D eigenvalue weighted by molar-refractivity contribution is 0.0214. The molecule has 0 bridgehead atoms. The van der Waals surface area contributed by atoms with Gasteiger partial charge in [-0.25, -0.2) is 4.79 Å². The first-order valence-electron chi connectivity index (χ1n) is 9.51. The number of carbonyl (C=O) groups is 1. The molecule has 3 nitrogen and oxygen atoms in total. The van der Waals surface area contributed by atoms with Crippen molar-refractivity contribution in [3.63, 3.8) is 0 Å². The van der Waals surface area contributed by atoms with Gasteiger partial charge >= 0.3 is 5.97 Å². The lowest BCUT2D eigenvalue weighted by atomic mass is 9.98. The van der Waals surface area contributed by atoms with Crippen LogP contribution in [0.4, 0.5) is 0 Å². The van der Waals surface area contributed by atoms with Crippen LogP contribution in [0.5, 0.6) is 5.75 Å². The third-order valence-corrected chi connectivity index (χ3v) is 6.00. The summed E-state index contributed by atoms with van der Waals surface area (Å²) in [5.74, 6) is 1.36. The summed E-state index contributed by atoms with van der Waals surface area (Å²) in [4.78, 5) is 12.7. The number of allylic oxidation sites excluding steroid dienone is 3. The molecule has 1 saturated carbocycles. The van der Waals surface area contributed by atoms with E-state index in [0.29, 0.717) is 17.4 Å². The Hall–Kier alpha value is -2.03. The van der Waals surface area contributed by atoms with E-state index in [2.05, 4.69) is 39.8 Å². The van der Waals surface area contributed by atoms with Crippen molar-refractivity contribution in [2.75, 3.05) is 7.11 Å². The zero-order chi connectivity index (χ0) is 18.9. The number of methoxy groups -OCH3 is 1. The minimum Gasteiger partial charge on any atom is -0.497 e. The molecule has 2 aliphatic carbocycles. The summed E-state index contributed by atoms with van der Waals surface area (Å²) in [5.41, 5.74) is 3.51. The number of ether oxygens (including phenoxy) is 2. The van der Waals surface area contributed by atoms with Gasteiger partial charge in [-0.05, 0) is 62.3 Å². The average Bonchev–Trinajstić information content (AvgIpc) is 3.14. The Morgan fingerprint density at radius 3 is 2.46 bits per heavy atom. The third kappa shape index (κ3) is 3.87. The number of benzene rings is 1. The van der Waals surface area contributed by atoms with E-state index in [1.165, 1.54) is 11.1 Å². The number of esters is 1. The fraction of sp³-hybridized carbons (Fsp3) is 0.522. The molecule has 0 N–H and O–H groups in total. The van der Waals surface area contributed by atoms with E-state index < -0.39 is 0 Å². The number of fused-ring (bicyclic) bond motifs is 1. The second kappa shape index (κ2) is 7.30. The molecule has 3 atom stereocenters. The molecule has 0 aliphatic heterocycles. The van der Waals surface area contributed by atoms with E-state index in [4.69, 9.17) is 9.47 Å². The van der Waals surface area contributed by atoms with Crippen LogP contribution in [-0.4, -0.2) is 19.2 Å². The Morgan fingerprint density at radius 1 is 1.12 bits per heavy atom. The molecule has 0 spiro atoms. The molecule has 0 amide bonds. The molecule has 140 valence electrons. The Kier molecular flexibility index (Phi) is 5.27. The fourth-order valence-electron chi connectivity index (χ4n) is 4.26. The predicted molar refractivity (Wildman–Crippen MR) is 104 cm³/mol. The number of carbonyl (C=O) groups excluding carboxylic acids is 1. The summed E-state index contributed by atoms with van der Waals surface area (Å²) >= 11 is 0. The van der Waals surface area contributed by atoms with Gasteiger partial charge in [0.2, 0.25) is 0 Å². The van der Waals surface area contributed by atoms with Crippen molar-refractivity contribution in [1.82, 2.24) is 0 Å². The van der Waals surface area contributed by atoms with Crippen molar-refractivity contribution >= 4 is 5.97 Å². The topological polar surface area (TPSA) is 35.5 Å². The molecule has 3 rings (SSSR count). The lowest BCUT2D eigenvalue weighted by Gasteiger charge is -2.21. The van der Waals surface area contributed by atoms with Crippen LogP contribution in [0.3, 0.4) is 0 Å². The van der Waals surface area contributed by atoms with Gasteiger partial charge in [-0.2, -0.15) is 0 Å². The van der Waals surface area contributed by atoms with Crippen LogP contribution in [0.25, 0.3) is 0 Å². The lowest BCUT2D eigenvalue weighted by Crippen LogP contribution is -2.23. The van der Waals surface area contributed by atoms with E-state index in [-0.39, 0.29) is 17.5 Å². The molecule has 1 aromatic carbocycles. The highest BCUT2D eigenvalue weighted by molar-refractivity contribution is 5.89. The smallest absolute Gasteiger partial charge is 0.338 e. The predicted octanol–water partition coefficient (Wildman–Crippen LogP) is 5.57. The van der Waals surface area contributed by atoms with Crippen LogP contribution in [0.15, 0.2) is 47.6 Å². The monoisotopic (exact) mass is 354 g/mol. The van der Waals surface area contributed by atoms with Crippen LogP contribution < -0.4 is 4.74 Å². The van der Waals surface area contributed by atoms with Gasteiger partial charge in [0.15, 0.2) is 0 Å². The summed E-state index contributed by atoms with van der Waals surface area (Å²) in [6.07, 6.45) is 7.62. The summed E-state index contributed by atoms with van der Waals surface area (Å²) in [6, 6.07) is 7.13.